The molecule has 2 aromatic carbocycles. The normalized spacial score (nSPS) is 15.9. The van der Waals surface area contributed by atoms with E-state index in [0.29, 0.717) is 17.5 Å². The second-order valence-electron chi connectivity index (χ2n) is 8.04. The average molecular weight is 464 g/mol. The third kappa shape index (κ3) is 4.41. The van der Waals surface area contributed by atoms with Crippen LogP contribution in [0.1, 0.15) is 29.0 Å². The molecular weight excluding hydrogens is 438 g/mol. The number of ether oxygens (including phenoxy) is 2. The quantitative estimate of drug-likeness (QED) is 0.264. The number of aryl methyl sites for hydroxylation is 1. The highest BCUT2D eigenvalue weighted by Crippen LogP contribution is 2.30. The molecule has 1 saturated heterocycles. The van der Waals surface area contributed by atoms with Crippen molar-refractivity contribution in [2.45, 2.75) is 37.6 Å². The van der Waals surface area contributed by atoms with E-state index in [-0.39, 0.29) is 17.6 Å². The summed E-state index contributed by atoms with van der Waals surface area (Å²) in [6.07, 6.45) is 2.17. The maximum Gasteiger partial charge on any atom is 0.208 e. The van der Waals surface area contributed by atoms with Gasteiger partial charge in [-0.1, -0.05) is 30.0 Å². The fourth-order valence-electron chi connectivity index (χ4n) is 4.14. The first-order valence-electron chi connectivity index (χ1n) is 11.0. The molecule has 1 aliphatic rings. The molecule has 0 aliphatic carbocycles. The predicted octanol–water partition coefficient (Wildman–Crippen LogP) is 5.16. The lowest BCUT2D eigenvalue weighted by Gasteiger charge is -2.14. The van der Waals surface area contributed by atoms with E-state index in [1.165, 1.54) is 11.8 Å². The lowest BCUT2D eigenvalue weighted by molar-refractivity contribution is 0.0953. The van der Waals surface area contributed by atoms with Crippen LogP contribution < -0.4 is 4.74 Å². The van der Waals surface area contributed by atoms with Crippen LogP contribution in [0.5, 0.6) is 5.75 Å². The third-order valence-electron chi connectivity index (χ3n) is 5.90. The molecule has 0 spiro atoms. The Morgan fingerprint density at radius 3 is 2.73 bits per heavy atom. The van der Waals surface area contributed by atoms with Crippen molar-refractivity contribution in [3.05, 3.63) is 59.9 Å². The number of benzene rings is 2. The number of furan rings is 1. The monoisotopic (exact) mass is 463 g/mol. The van der Waals surface area contributed by atoms with Crippen molar-refractivity contribution >= 4 is 28.5 Å². The number of nitrogens with zero attached hydrogens (tertiary/aromatic N) is 3. The zero-order valence-electron chi connectivity index (χ0n) is 18.6. The van der Waals surface area contributed by atoms with Gasteiger partial charge in [0.2, 0.25) is 5.78 Å². The number of methoxy groups -OCH3 is 1. The van der Waals surface area contributed by atoms with Crippen LogP contribution >= 0.6 is 11.8 Å². The molecule has 33 heavy (non-hydrogen) atoms. The minimum atomic E-state index is -0.0636. The first kappa shape index (κ1) is 21.7. The number of Topliss-reactive ketones (excluding diaryl/α,β-unsaturated/α-hetero) is 1. The molecule has 1 aliphatic heterocycles. The van der Waals surface area contributed by atoms with E-state index >= 15 is 0 Å². The van der Waals surface area contributed by atoms with Crippen molar-refractivity contribution in [3.63, 3.8) is 0 Å². The van der Waals surface area contributed by atoms with Gasteiger partial charge >= 0.3 is 0 Å². The fraction of sp³-hybridized carbons (Fsp3) is 0.320. The number of hydrogen-bond acceptors (Lipinski definition) is 7. The van der Waals surface area contributed by atoms with Crippen LogP contribution in [-0.2, 0) is 11.3 Å². The molecule has 1 fully saturated rings. The van der Waals surface area contributed by atoms with Gasteiger partial charge in [0, 0.05) is 23.1 Å². The molecule has 8 heteroatoms. The highest BCUT2D eigenvalue weighted by molar-refractivity contribution is 7.99. The maximum absolute atomic E-state index is 13.0. The van der Waals surface area contributed by atoms with Crippen LogP contribution in [-0.4, -0.2) is 46.1 Å². The van der Waals surface area contributed by atoms with Gasteiger partial charge in [0.05, 0.1) is 25.5 Å². The summed E-state index contributed by atoms with van der Waals surface area (Å²) >= 11 is 1.37. The van der Waals surface area contributed by atoms with Crippen molar-refractivity contribution in [3.8, 4) is 17.1 Å². The van der Waals surface area contributed by atoms with Gasteiger partial charge in [-0.25, -0.2) is 0 Å². The molecule has 0 N–H and O–H groups in total. The third-order valence-corrected chi connectivity index (χ3v) is 6.87. The fourth-order valence-corrected chi connectivity index (χ4v) is 4.95. The largest absolute Gasteiger partial charge is 0.497 e. The van der Waals surface area contributed by atoms with E-state index in [1.807, 2.05) is 55.5 Å². The Kier molecular flexibility index (Phi) is 6.20. The Morgan fingerprint density at radius 1 is 1.18 bits per heavy atom. The molecule has 0 radical (unpaired) electrons. The Morgan fingerprint density at radius 2 is 2.00 bits per heavy atom. The van der Waals surface area contributed by atoms with Crippen LogP contribution in [0.3, 0.4) is 0 Å². The van der Waals surface area contributed by atoms with E-state index in [1.54, 1.807) is 7.11 Å². The second kappa shape index (κ2) is 9.41. The molecule has 4 aromatic rings. The molecule has 0 saturated carbocycles. The van der Waals surface area contributed by atoms with Crippen molar-refractivity contribution in [2.24, 2.45) is 0 Å². The summed E-state index contributed by atoms with van der Waals surface area (Å²) in [7, 11) is 1.64. The van der Waals surface area contributed by atoms with E-state index in [9.17, 15) is 4.79 Å². The topological polar surface area (TPSA) is 79.4 Å². The molecule has 2 aromatic heterocycles. The number of aromatic nitrogens is 3. The van der Waals surface area contributed by atoms with E-state index < -0.39 is 0 Å². The highest BCUT2D eigenvalue weighted by Gasteiger charge is 2.24. The van der Waals surface area contributed by atoms with Crippen molar-refractivity contribution in [2.75, 3.05) is 19.5 Å². The van der Waals surface area contributed by atoms with Gasteiger partial charge in [-0.3, -0.25) is 9.36 Å². The summed E-state index contributed by atoms with van der Waals surface area (Å²) in [6, 6.07) is 15.4. The first-order valence-corrected chi connectivity index (χ1v) is 12.0. The number of carbonyl (C=O) groups excluding carboxylic acids is 1. The van der Waals surface area contributed by atoms with Crippen LogP contribution in [0.2, 0.25) is 0 Å². The molecule has 0 amide bonds. The van der Waals surface area contributed by atoms with Crippen molar-refractivity contribution < 1.29 is 18.7 Å². The minimum absolute atomic E-state index is 0.0636. The lowest BCUT2D eigenvalue weighted by Crippen LogP contribution is -2.17. The average Bonchev–Trinajstić information content (AvgIpc) is 3.58. The number of fused-ring (bicyclic) bond motifs is 1. The summed E-state index contributed by atoms with van der Waals surface area (Å²) in [4.78, 5) is 13.0. The zero-order valence-corrected chi connectivity index (χ0v) is 19.4. The van der Waals surface area contributed by atoms with Gasteiger partial charge in [-0.05, 0) is 50.1 Å². The Labute approximate surface area is 196 Å². The number of hydrogen-bond donors (Lipinski definition) is 0. The Balaban J connectivity index is 1.40. The second-order valence-corrected chi connectivity index (χ2v) is 8.99. The molecule has 0 bridgehead atoms. The molecular formula is C25H25N3O4S. The van der Waals surface area contributed by atoms with Gasteiger partial charge in [0.1, 0.15) is 11.3 Å². The summed E-state index contributed by atoms with van der Waals surface area (Å²) in [5.41, 5.74) is 2.54. The van der Waals surface area contributed by atoms with E-state index in [2.05, 4.69) is 14.8 Å². The lowest BCUT2D eigenvalue weighted by atomic mass is 10.1. The predicted molar refractivity (Wildman–Crippen MR) is 127 cm³/mol. The van der Waals surface area contributed by atoms with Gasteiger partial charge in [0.25, 0.3) is 0 Å². The number of ketones is 1. The molecule has 5 rings (SSSR count). The number of carbonyl (C=O) groups is 1. The molecule has 7 nitrogen and oxygen atoms in total. The standard InChI is InChI=1S/C25H25N3O4S/c1-16-20-7-3-4-8-22(20)32-23(16)21(29)15-33-25-27-26-24(17-9-11-18(30-2)12-10-17)28(25)14-19-6-5-13-31-19/h3-4,7-12,19H,5-6,13-15H2,1-2H3. The Bertz CT molecular complexity index is 1270. The summed E-state index contributed by atoms with van der Waals surface area (Å²) in [6.45, 7) is 3.34. The van der Waals surface area contributed by atoms with Crippen LogP contribution in [0.4, 0.5) is 0 Å². The number of rotatable bonds is 8. The summed E-state index contributed by atoms with van der Waals surface area (Å²) < 4.78 is 19.0. The molecule has 3 heterocycles. The smallest absolute Gasteiger partial charge is 0.208 e. The van der Waals surface area contributed by atoms with E-state index in [0.717, 1.165) is 53.1 Å². The molecule has 1 unspecified atom stereocenters. The SMILES string of the molecule is COc1ccc(-c2nnc(SCC(=O)c3oc4ccccc4c3C)n2CC2CCCO2)cc1. The van der Waals surface area contributed by atoms with Gasteiger partial charge in [-0.15, -0.1) is 10.2 Å². The molecule has 1 atom stereocenters. The van der Waals surface area contributed by atoms with Crippen LogP contribution in [0, 0.1) is 6.92 Å². The highest BCUT2D eigenvalue weighted by atomic mass is 32.2. The van der Waals surface area contributed by atoms with Gasteiger partial charge in [0.15, 0.2) is 16.7 Å². The van der Waals surface area contributed by atoms with E-state index in [4.69, 9.17) is 13.9 Å². The number of thioether (sulfide) groups is 1. The molecule has 170 valence electrons. The maximum atomic E-state index is 13.0. The first-order chi connectivity index (χ1) is 16.1. The summed E-state index contributed by atoms with van der Waals surface area (Å²) in [5, 5.41) is 10.5. The van der Waals surface area contributed by atoms with Crippen molar-refractivity contribution in [1.82, 2.24) is 14.8 Å². The number of para-hydroxylation sites is 1. The van der Waals surface area contributed by atoms with Crippen molar-refractivity contribution in [1.29, 1.82) is 0 Å². The summed E-state index contributed by atoms with van der Waals surface area (Å²) in [5.74, 6) is 2.09. The Hall–Kier alpha value is -3.10. The minimum Gasteiger partial charge on any atom is -0.497 e. The van der Waals surface area contributed by atoms with Crippen LogP contribution in [0.25, 0.3) is 22.4 Å². The van der Waals surface area contributed by atoms with Gasteiger partial charge in [-0.2, -0.15) is 0 Å². The van der Waals surface area contributed by atoms with Gasteiger partial charge < -0.3 is 13.9 Å². The zero-order chi connectivity index (χ0) is 22.8. The van der Waals surface area contributed by atoms with Crippen LogP contribution in [0.15, 0.2) is 58.1 Å².